The van der Waals surface area contributed by atoms with Crippen LogP contribution >= 0.6 is 11.3 Å². The molecule has 0 aliphatic carbocycles. The lowest BCUT2D eigenvalue weighted by molar-refractivity contribution is -0.0502. The lowest BCUT2D eigenvalue weighted by atomic mass is 10.1. The molecule has 4 rings (SSSR count). The predicted molar refractivity (Wildman–Crippen MR) is 97.9 cm³/mol. The Bertz CT molecular complexity index is 745. The number of nitrogens with zero attached hydrogens (tertiary/aromatic N) is 1. The van der Waals surface area contributed by atoms with Crippen molar-refractivity contribution in [2.24, 2.45) is 0 Å². The second kappa shape index (κ2) is 7.28. The third kappa shape index (κ3) is 3.64. The van der Waals surface area contributed by atoms with E-state index < -0.39 is 0 Å². The van der Waals surface area contributed by atoms with Crippen molar-refractivity contribution in [2.45, 2.75) is 38.6 Å². The topological polar surface area (TPSA) is 38.8 Å². The van der Waals surface area contributed by atoms with Gasteiger partial charge < -0.3 is 14.4 Å². The molecule has 0 unspecified atom stereocenters. The predicted octanol–water partition coefficient (Wildman–Crippen LogP) is 3.95. The van der Waals surface area contributed by atoms with Crippen molar-refractivity contribution in [3.63, 3.8) is 0 Å². The summed E-state index contributed by atoms with van der Waals surface area (Å²) < 4.78 is 11.6. The van der Waals surface area contributed by atoms with Crippen LogP contribution in [0, 0.1) is 6.92 Å². The average Bonchev–Trinajstić information content (AvgIpc) is 3.26. The summed E-state index contributed by atoms with van der Waals surface area (Å²) in [5, 5.41) is 0. The molecule has 0 bridgehead atoms. The van der Waals surface area contributed by atoms with Crippen LogP contribution in [0.4, 0.5) is 0 Å². The summed E-state index contributed by atoms with van der Waals surface area (Å²) in [5.41, 5.74) is 2.46. The Hall–Kier alpha value is -1.69. The minimum absolute atomic E-state index is 0.116. The van der Waals surface area contributed by atoms with E-state index in [1.54, 1.807) is 11.3 Å². The van der Waals surface area contributed by atoms with E-state index in [1.165, 1.54) is 16.0 Å². The molecule has 25 heavy (non-hydrogen) atoms. The van der Waals surface area contributed by atoms with Gasteiger partial charge >= 0.3 is 0 Å². The molecule has 5 heteroatoms. The number of amides is 1. The lowest BCUT2D eigenvalue weighted by Crippen LogP contribution is -2.54. The standard InChI is InChI=1S/C20H23NO3S/c1-14-5-2-3-6-15(14)13-24-16-11-21(12-16)20(22)19-9-8-18(25-19)17-7-4-10-23-17/h2-3,5-6,8-9,16-17H,4,7,10-13H2,1H3/t17-/m0/s1. The molecule has 2 aromatic rings. The van der Waals surface area contributed by atoms with Crippen LogP contribution in [0.5, 0.6) is 0 Å². The summed E-state index contributed by atoms with van der Waals surface area (Å²) in [5.74, 6) is 0.116. The van der Waals surface area contributed by atoms with Crippen LogP contribution in [0.15, 0.2) is 36.4 Å². The number of carbonyl (C=O) groups excluding carboxylic acids is 1. The van der Waals surface area contributed by atoms with Gasteiger partial charge in [-0.15, -0.1) is 11.3 Å². The molecule has 0 saturated carbocycles. The number of ether oxygens (including phenoxy) is 2. The Morgan fingerprint density at radius 2 is 2.12 bits per heavy atom. The second-order valence-corrected chi connectivity index (χ2v) is 7.89. The van der Waals surface area contributed by atoms with E-state index in [1.807, 2.05) is 29.2 Å². The van der Waals surface area contributed by atoms with E-state index in [9.17, 15) is 4.79 Å². The van der Waals surface area contributed by atoms with Crippen LogP contribution in [0.25, 0.3) is 0 Å². The van der Waals surface area contributed by atoms with Crippen molar-refractivity contribution in [3.05, 3.63) is 57.3 Å². The largest absolute Gasteiger partial charge is 0.373 e. The third-order valence-electron chi connectivity index (χ3n) is 4.96. The highest BCUT2D eigenvalue weighted by molar-refractivity contribution is 7.14. The molecule has 132 valence electrons. The fraction of sp³-hybridized carbons (Fsp3) is 0.450. The average molecular weight is 357 g/mol. The van der Waals surface area contributed by atoms with Gasteiger partial charge in [-0.25, -0.2) is 0 Å². The fourth-order valence-electron chi connectivity index (χ4n) is 3.29. The maximum Gasteiger partial charge on any atom is 0.264 e. The molecule has 2 aliphatic heterocycles. The summed E-state index contributed by atoms with van der Waals surface area (Å²) in [6.45, 7) is 4.90. The quantitative estimate of drug-likeness (QED) is 0.813. The minimum atomic E-state index is 0.116. The van der Waals surface area contributed by atoms with E-state index in [-0.39, 0.29) is 18.1 Å². The molecule has 1 atom stereocenters. The number of hydrogen-bond acceptors (Lipinski definition) is 4. The number of thiophene rings is 1. The van der Waals surface area contributed by atoms with Crippen LogP contribution in [-0.2, 0) is 16.1 Å². The van der Waals surface area contributed by atoms with Crippen molar-refractivity contribution >= 4 is 17.2 Å². The Labute approximate surface area is 152 Å². The van der Waals surface area contributed by atoms with E-state index in [0.717, 1.165) is 24.3 Å². The number of likely N-dealkylation sites (tertiary alicyclic amines) is 1. The van der Waals surface area contributed by atoms with Gasteiger partial charge in [-0.1, -0.05) is 24.3 Å². The first-order valence-electron chi connectivity index (χ1n) is 8.87. The number of rotatable bonds is 5. The van der Waals surface area contributed by atoms with Gasteiger partial charge in [0.25, 0.3) is 5.91 Å². The number of benzene rings is 1. The zero-order valence-electron chi connectivity index (χ0n) is 14.4. The second-order valence-electron chi connectivity index (χ2n) is 6.77. The molecule has 0 N–H and O–H groups in total. The van der Waals surface area contributed by atoms with E-state index in [0.29, 0.717) is 19.7 Å². The van der Waals surface area contributed by atoms with Gasteiger partial charge in [-0.2, -0.15) is 0 Å². The van der Waals surface area contributed by atoms with Gasteiger partial charge in [-0.3, -0.25) is 4.79 Å². The van der Waals surface area contributed by atoms with Crippen LogP contribution in [0.3, 0.4) is 0 Å². The molecule has 4 nitrogen and oxygen atoms in total. The highest BCUT2D eigenvalue weighted by Crippen LogP contribution is 2.34. The molecule has 1 amide bonds. The summed E-state index contributed by atoms with van der Waals surface area (Å²) in [6.07, 6.45) is 2.50. The zero-order chi connectivity index (χ0) is 17.2. The van der Waals surface area contributed by atoms with Gasteiger partial charge in [0.1, 0.15) is 0 Å². The zero-order valence-corrected chi connectivity index (χ0v) is 15.3. The number of aryl methyl sites for hydroxylation is 1. The van der Waals surface area contributed by atoms with Gasteiger partial charge in [0.2, 0.25) is 0 Å². The van der Waals surface area contributed by atoms with Crippen molar-refractivity contribution < 1.29 is 14.3 Å². The maximum absolute atomic E-state index is 12.6. The van der Waals surface area contributed by atoms with Gasteiger partial charge in [-0.05, 0) is 43.0 Å². The third-order valence-corrected chi connectivity index (χ3v) is 6.12. The van der Waals surface area contributed by atoms with Gasteiger partial charge in [0.05, 0.1) is 23.7 Å². The van der Waals surface area contributed by atoms with Gasteiger partial charge in [0, 0.05) is 24.6 Å². The minimum Gasteiger partial charge on any atom is -0.373 e. The normalized spacial score (nSPS) is 20.7. The summed E-state index contributed by atoms with van der Waals surface area (Å²) in [4.78, 5) is 16.4. The Morgan fingerprint density at radius 3 is 2.88 bits per heavy atom. The summed E-state index contributed by atoms with van der Waals surface area (Å²) >= 11 is 1.57. The van der Waals surface area contributed by atoms with Gasteiger partial charge in [0.15, 0.2) is 0 Å². The highest BCUT2D eigenvalue weighted by atomic mass is 32.1. The monoisotopic (exact) mass is 357 g/mol. The molecule has 0 radical (unpaired) electrons. The first-order chi connectivity index (χ1) is 12.2. The lowest BCUT2D eigenvalue weighted by Gasteiger charge is -2.38. The van der Waals surface area contributed by atoms with Crippen LogP contribution in [0.2, 0.25) is 0 Å². The molecular formula is C20H23NO3S. The number of hydrogen-bond donors (Lipinski definition) is 0. The van der Waals surface area contributed by atoms with Crippen molar-refractivity contribution in [1.29, 1.82) is 0 Å². The number of carbonyl (C=O) groups is 1. The van der Waals surface area contributed by atoms with E-state index in [2.05, 4.69) is 19.1 Å². The van der Waals surface area contributed by atoms with E-state index in [4.69, 9.17) is 9.47 Å². The Kier molecular flexibility index (Phi) is 4.88. The molecular weight excluding hydrogens is 334 g/mol. The van der Waals surface area contributed by atoms with Crippen molar-refractivity contribution in [2.75, 3.05) is 19.7 Å². The summed E-state index contributed by atoms with van der Waals surface area (Å²) in [7, 11) is 0. The molecule has 0 spiro atoms. The molecule has 2 saturated heterocycles. The fourth-order valence-corrected chi connectivity index (χ4v) is 4.35. The molecule has 1 aromatic heterocycles. The first-order valence-corrected chi connectivity index (χ1v) is 9.69. The maximum atomic E-state index is 12.6. The smallest absolute Gasteiger partial charge is 0.264 e. The Morgan fingerprint density at radius 1 is 1.28 bits per heavy atom. The molecule has 2 aliphatic rings. The molecule has 1 aromatic carbocycles. The molecule has 2 fully saturated rings. The first kappa shape index (κ1) is 16.8. The van der Waals surface area contributed by atoms with Crippen molar-refractivity contribution in [3.8, 4) is 0 Å². The van der Waals surface area contributed by atoms with Crippen LogP contribution in [0.1, 0.15) is 44.6 Å². The van der Waals surface area contributed by atoms with E-state index >= 15 is 0 Å². The molecule has 3 heterocycles. The Balaban J connectivity index is 1.27. The van der Waals surface area contributed by atoms with Crippen LogP contribution < -0.4 is 0 Å². The highest BCUT2D eigenvalue weighted by Gasteiger charge is 2.33. The van der Waals surface area contributed by atoms with Crippen LogP contribution in [-0.4, -0.2) is 36.6 Å². The SMILES string of the molecule is Cc1ccccc1COC1CN(C(=O)c2ccc([C@@H]3CCCO3)s2)C1. The summed E-state index contributed by atoms with van der Waals surface area (Å²) in [6, 6.07) is 12.2. The van der Waals surface area contributed by atoms with Crippen molar-refractivity contribution in [1.82, 2.24) is 4.90 Å².